The number of aryl methyl sites for hydroxylation is 1. The normalized spacial score (nSPS) is 13.5. The largest absolute Gasteiger partial charge is 0.493 e. The Bertz CT molecular complexity index is 1880. The van der Waals surface area contributed by atoms with Gasteiger partial charge in [-0.2, -0.15) is 11.8 Å². The van der Waals surface area contributed by atoms with Crippen molar-refractivity contribution in [2.75, 3.05) is 25.7 Å². The van der Waals surface area contributed by atoms with Crippen LogP contribution >= 0.6 is 11.8 Å². The minimum atomic E-state index is -0.260. The summed E-state index contributed by atoms with van der Waals surface area (Å²) in [5.74, 6) is 4.79. The third kappa shape index (κ3) is 6.88. The van der Waals surface area contributed by atoms with Crippen LogP contribution in [-0.2, 0) is 13.0 Å². The molecular formula is C36H35N3O5S. The molecule has 1 aliphatic rings. The van der Waals surface area contributed by atoms with E-state index in [4.69, 9.17) is 14.2 Å². The predicted octanol–water partition coefficient (Wildman–Crippen LogP) is 7.15. The smallest absolute Gasteiger partial charge is 0.200 e. The van der Waals surface area contributed by atoms with Gasteiger partial charge in [0, 0.05) is 47.8 Å². The summed E-state index contributed by atoms with van der Waals surface area (Å²) in [5.41, 5.74) is 3.65. The first-order valence-corrected chi connectivity index (χ1v) is 16.1. The van der Waals surface area contributed by atoms with Gasteiger partial charge < -0.3 is 18.8 Å². The standard InChI is InChI=1S/C36H35N3O5S/c1-23-4-6-25(7-5-23)29-21-39(20-24-11-14-45-15-12-24)22-30(36(29)41)32(40)16-26-8-9-27(19-38-26)44-33-10-13-37-31-18-35(43-3)34(42-2)17-28(31)33/h4-10,13,17-19,21-22,24H,11-12,14-16,20H2,1-3H3. The molecular weight excluding hydrogens is 586 g/mol. The minimum absolute atomic E-state index is 0.00210. The summed E-state index contributed by atoms with van der Waals surface area (Å²) >= 11 is 1.98. The molecule has 9 heteroatoms. The van der Waals surface area contributed by atoms with Crippen LogP contribution in [0, 0.1) is 12.8 Å². The van der Waals surface area contributed by atoms with E-state index in [1.54, 1.807) is 57.1 Å². The summed E-state index contributed by atoms with van der Waals surface area (Å²) < 4.78 is 19.0. The van der Waals surface area contributed by atoms with E-state index in [2.05, 4.69) is 9.97 Å². The average Bonchev–Trinajstić information content (AvgIpc) is 3.06. The molecule has 1 aliphatic heterocycles. The molecule has 0 saturated carbocycles. The van der Waals surface area contributed by atoms with Crippen molar-refractivity contribution < 1.29 is 19.0 Å². The molecule has 2 aromatic carbocycles. The molecule has 45 heavy (non-hydrogen) atoms. The Morgan fingerprint density at radius 1 is 0.933 bits per heavy atom. The van der Waals surface area contributed by atoms with E-state index in [0.717, 1.165) is 47.4 Å². The van der Waals surface area contributed by atoms with Gasteiger partial charge in [-0.1, -0.05) is 29.8 Å². The van der Waals surface area contributed by atoms with Gasteiger partial charge in [0.1, 0.15) is 11.5 Å². The number of carbonyl (C=O) groups is 1. The number of pyridine rings is 3. The van der Waals surface area contributed by atoms with Crippen LogP contribution in [0.1, 0.15) is 34.5 Å². The lowest BCUT2D eigenvalue weighted by molar-refractivity contribution is 0.0990. The molecule has 230 valence electrons. The second-order valence-corrected chi connectivity index (χ2v) is 12.5. The number of hydrogen-bond donors (Lipinski definition) is 0. The van der Waals surface area contributed by atoms with Crippen molar-refractivity contribution in [3.8, 4) is 34.1 Å². The van der Waals surface area contributed by atoms with Crippen molar-refractivity contribution >= 4 is 28.4 Å². The van der Waals surface area contributed by atoms with E-state index in [1.165, 1.54) is 0 Å². The van der Waals surface area contributed by atoms with Crippen molar-refractivity contribution in [3.63, 3.8) is 0 Å². The molecule has 0 spiro atoms. The molecule has 1 saturated heterocycles. The first kappa shape index (κ1) is 30.4. The summed E-state index contributed by atoms with van der Waals surface area (Å²) in [7, 11) is 3.16. The number of rotatable bonds is 10. The van der Waals surface area contributed by atoms with Gasteiger partial charge in [0.15, 0.2) is 22.7 Å². The lowest BCUT2D eigenvalue weighted by Gasteiger charge is -2.23. The zero-order valence-electron chi connectivity index (χ0n) is 25.6. The Kier molecular flexibility index (Phi) is 9.16. The molecule has 3 aromatic heterocycles. The summed E-state index contributed by atoms with van der Waals surface area (Å²) in [5, 5.41) is 0.756. The highest BCUT2D eigenvalue weighted by Gasteiger charge is 2.20. The SMILES string of the molecule is COc1cc2nccc(Oc3ccc(CC(=O)c4cn(CC5CCSCC5)cc(-c5ccc(C)cc5)c4=O)nc3)c2cc1OC. The van der Waals surface area contributed by atoms with Crippen LogP contribution in [0.3, 0.4) is 0 Å². The fraction of sp³-hybridized carbons (Fsp3) is 0.278. The summed E-state index contributed by atoms with van der Waals surface area (Å²) in [6.45, 7) is 2.80. The molecule has 0 aliphatic carbocycles. The van der Waals surface area contributed by atoms with Crippen LogP contribution in [0.15, 0.2) is 84.2 Å². The molecule has 8 nitrogen and oxygen atoms in total. The highest BCUT2D eigenvalue weighted by molar-refractivity contribution is 7.99. The van der Waals surface area contributed by atoms with Crippen molar-refractivity contribution in [3.05, 3.63) is 106 Å². The first-order valence-electron chi connectivity index (χ1n) is 15.0. The van der Waals surface area contributed by atoms with Gasteiger partial charge in [-0.3, -0.25) is 19.6 Å². The molecule has 0 atom stereocenters. The zero-order chi connectivity index (χ0) is 31.3. The van der Waals surface area contributed by atoms with E-state index in [1.807, 2.05) is 59.8 Å². The highest BCUT2D eigenvalue weighted by atomic mass is 32.2. The van der Waals surface area contributed by atoms with Gasteiger partial charge in [0.25, 0.3) is 0 Å². The van der Waals surface area contributed by atoms with Crippen LogP contribution in [0.4, 0.5) is 0 Å². The van der Waals surface area contributed by atoms with Gasteiger partial charge >= 0.3 is 0 Å². The Hall–Kier alpha value is -4.63. The topological polar surface area (TPSA) is 92.5 Å². The van der Waals surface area contributed by atoms with E-state index < -0.39 is 0 Å². The lowest BCUT2D eigenvalue weighted by Crippen LogP contribution is -2.24. The molecule has 0 bridgehead atoms. The Labute approximate surface area is 266 Å². The third-order valence-corrected chi connectivity index (χ3v) is 9.17. The number of fused-ring (bicyclic) bond motifs is 1. The average molecular weight is 622 g/mol. The van der Waals surface area contributed by atoms with Crippen LogP contribution < -0.4 is 19.6 Å². The number of thioether (sulfide) groups is 1. The van der Waals surface area contributed by atoms with Gasteiger partial charge in [-0.05, 0) is 67.0 Å². The van der Waals surface area contributed by atoms with Crippen LogP contribution in [0.5, 0.6) is 23.0 Å². The predicted molar refractivity (Wildman–Crippen MR) is 178 cm³/mol. The molecule has 4 heterocycles. The summed E-state index contributed by atoms with van der Waals surface area (Å²) in [6, 6.07) is 16.8. The second kappa shape index (κ2) is 13.6. The monoisotopic (exact) mass is 621 g/mol. The van der Waals surface area contributed by atoms with Gasteiger partial charge in [0.2, 0.25) is 0 Å². The third-order valence-electron chi connectivity index (χ3n) is 8.13. The molecule has 0 amide bonds. The molecule has 0 radical (unpaired) electrons. The van der Waals surface area contributed by atoms with Crippen LogP contribution in [0.25, 0.3) is 22.0 Å². The van der Waals surface area contributed by atoms with Crippen molar-refractivity contribution in [1.82, 2.24) is 14.5 Å². The molecule has 0 unspecified atom stereocenters. The maximum Gasteiger partial charge on any atom is 0.200 e. The minimum Gasteiger partial charge on any atom is -0.493 e. The van der Waals surface area contributed by atoms with E-state index in [9.17, 15) is 9.59 Å². The number of ether oxygens (including phenoxy) is 3. The van der Waals surface area contributed by atoms with Crippen LogP contribution in [-0.4, -0.2) is 46.0 Å². The van der Waals surface area contributed by atoms with E-state index >= 15 is 0 Å². The number of aromatic nitrogens is 3. The van der Waals surface area contributed by atoms with Gasteiger partial charge in [-0.25, -0.2) is 0 Å². The maximum absolute atomic E-state index is 13.7. The Balaban J connectivity index is 1.24. The fourth-order valence-corrected chi connectivity index (χ4v) is 6.80. The molecule has 5 aromatic rings. The Morgan fingerprint density at radius 3 is 2.40 bits per heavy atom. The highest BCUT2D eigenvalue weighted by Crippen LogP contribution is 2.36. The maximum atomic E-state index is 13.7. The number of carbonyl (C=O) groups excluding carboxylic acids is 1. The lowest BCUT2D eigenvalue weighted by atomic mass is 9.99. The number of Topliss-reactive ketones (excluding diaryl/α,β-unsaturated/α-hetero) is 1. The number of methoxy groups -OCH3 is 2. The van der Waals surface area contributed by atoms with Crippen molar-refractivity contribution in [2.24, 2.45) is 5.92 Å². The van der Waals surface area contributed by atoms with E-state index in [0.29, 0.717) is 45.7 Å². The van der Waals surface area contributed by atoms with Gasteiger partial charge in [0.05, 0.1) is 37.9 Å². The summed E-state index contributed by atoms with van der Waals surface area (Å²) in [4.78, 5) is 36.2. The molecule has 0 N–H and O–H groups in total. The Morgan fingerprint density at radius 2 is 1.69 bits per heavy atom. The first-order chi connectivity index (χ1) is 21.9. The van der Waals surface area contributed by atoms with Crippen molar-refractivity contribution in [1.29, 1.82) is 0 Å². The quantitative estimate of drug-likeness (QED) is 0.152. The number of benzene rings is 2. The van der Waals surface area contributed by atoms with Crippen LogP contribution in [0.2, 0.25) is 0 Å². The van der Waals surface area contributed by atoms with E-state index in [-0.39, 0.29) is 23.2 Å². The molecule has 1 fully saturated rings. The number of ketones is 1. The number of nitrogens with zero attached hydrogens (tertiary/aromatic N) is 3. The molecule has 6 rings (SSSR count). The fourth-order valence-electron chi connectivity index (χ4n) is 5.60. The summed E-state index contributed by atoms with van der Waals surface area (Å²) in [6.07, 6.45) is 9.16. The van der Waals surface area contributed by atoms with Crippen molar-refractivity contribution in [2.45, 2.75) is 32.7 Å². The second-order valence-electron chi connectivity index (χ2n) is 11.3. The number of hydrogen-bond acceptors (Lipinski definition) is 8. The zero-order valence-corrected chi connectivity index (χ0v) is 26.4. The van der Waals surface area contributed by atoms with Gasteiger partial charge in [-0.15, -0.1) is 0 Å².